The highest BCUT2D eigenvalue weighted by molar-refractivity contribution is 5.83. The Bertz CT molecular complexity index is 1420. The van der Waals surface area contributed by atoms with E-state index >= 15 is 0 Å². The van der Waals surface area contributed by atoms with Gasteiger partial charge in [-0.3, -0.25) is 9.59 Å². The van der Waals surface area contributed by atoms with Crippen molar-refractivity contribution in [3.63, 3.8) is 0 Å². The maximum Gasteiger partial charge on any atom is 0.309 e. The van der Waals surface area contributed by atoms with Gasteiger partial charge >= 0.3 is 5.97 Å². The van der Waals surface area contributed by atoms with E-state index in [1.165, 1.54) is 7.11 Å². The first kappa shape index (κ1) is 25.8. The van der Waals surface area contributed by atoms with E-state index in [9.17, 15) is 19.8 Å². The number of aliphatic hydroxyl groups excluding tert-OH is 1. The third kappa shape index (κ3) is 5.92. The molecule has 0 radical (unpaired) electrons. The average Bonchev–Trinajstić information content (AvgIpc) is 2.93. The van der Waals surface area contributed by atoms with E-state index < -0.39 is 23.6 Å². The predicted molar refractivity (Wildman–Crippen MR) is 137 cm³/mol. The molecule has 10 heteroatoms. The van der Waals surface area contributed by atoms with Crippen molar-refractivity contribution in [1.82, 2.24) is 20.0 Å². The summed E-state index contributed by atoms with van der Waals surface area (Å²) in [4.78, 5) is 28.9. The largest absolute Gasteiger partial charge is 0.494 e. The van der Waals surface area contributed by atoms with Crippen LogP contribution in [0.25, 0.3) is 22.0 Å². The normalized spacial score (nSPS) is 12.7. The van der Waals surface area contributed by atoms with Gasteiger partial charge in [0, 0.05) is 24.4 Å². The molecule has 0 saturated heterocycles. The van der Waals surface area contributed by atoms with Gasteiger partial charge in [0.25, 0.3) is 5.56 Å². The Balaban J connectivity index is 1.38. The molecule has 4 rings (SSSR count). The summed E-state index contributed by atoms with van der Waals surface area (Å²) in [5.41, 5.74) is 2.86. The minimum Gasteiger partial charge on any atom is -0.494 e. The van der Waals surface area contributed by atoms with Crippen molar-refractivity contribution in [2.45, 2.75) is 31.9 Å². The van der Waals surface area contributed by atoms with Crippen LogP contribution in [-0.4, -0.2) is 56.5 Å². The molecular weight excluding hydrogens is 476 g/mol. The third-order valence-corrected chi connectivity index (χ3v) is 6.33. The number of ether oxygens (including phenoxy) is 2. The molecule has 0 spiro atoms. The quantitative estimate of drug-likeness (QED) is 0.316. The molecule has 0 amide bonds. The minimum absolute atomic E-state index is 0.0115. The smallest absolute Gasteiger partial charge is 0.309 e. The molecule has 2 atom stereocenters. The number of methoxy groups -OCH3 is 2. The van der Waals surface area contributed by atoms with Crippen molar-refractivity contribution in [2.24, 2.45) is 5.92 Å². The van der Waals surface area contributed by atoms with Crippen LogP contribution in [0.5, 0.6) is 11.6 Å². The first-order chi connectivity index (χ1) is 17.9. The molecule has 0 saturated carbocycles. The number of aromatic nitrogens is 4. The Hall–Kier alpha value is -4.31. The number of aryl methyl sites for hydroxylation is 2. The second kappa shape index (κ2) is 11.6. The molecule has 0 aliphatic carbocycles. The van der Waals surface area contributed by atoms with Gasteiger partial charge in [0.1, 0.15) is 11.3 Å². The molecular formula is C27H28N4O6. The molecule has 2 N–H and O–H groups in total. The number of hydrogen-bond donors (Lipinski definition) is 2. The molecule has 2 heterocycles. The van der Waals surface area contributed by atoms with E-state index in [-0.39, 0.29) is 19.4 Å². The summed E-state index contributed by atoms with van der Waals surface area (Å²) in [6.07, 6.45) is 1.44. The van der Waals surface area contributed by atoms with Gasteiger partial charge in [0.2, 0.25) is 5.88 Å². The number of carboxylic acid groups (broad SMARTS) is 1. The number of hydrogen-bond acceptors (Lipinski definition) is 8. The molecule has 2 aromatic heterocycles. The van der Waals surface area contributed by atoms with Crippen molar-refractivity contribution in [2.75, 3.05) is 14.2 Å². The second-order valence-electron chi connectivity index (χ2n) is 8.60. The van der Waals surface area contributed by atoms with E-state index in [1.807, 2.05) is 30.3 Å². The van der Waals surface area contributed by atoms with Crippen LogP contribution in [0.4, 0.5) is 0 Å². The summed E-state index contributed by atoms with van der Waals surface area (Å²) in [5, 5.41) is 28.7. The van der Waals surface area contributed by atoms with Crippen molar-refractivity contribution >= 4 is 16.9 Å². The summed E-state index contributed by atoms with van der Waals surface area (Å²) < 4.78 is 11.4. The highest BCUT2D eigenvalue weighted by atomic mass is 16.5. The van der Waals surface area contributed by atoms with Crippen LogP contribution in [0.1, 0.15) is 18.4 Å². The summed E-state index contributed by atoms with van der Waals surface area (Å²) in [6.45, 7) is 0.0115. The molecule has 0 bridgehead atoms. The fraction of sp³-hybridized carbons (Fsp3) is 0.296. The average molecular weight is 505 g/mol. The highest BCUT2D eigenvalue weighted by Gasteiger charge is 2.26. The number of aliphatic carboxylic acids is 1. The van der Waals surface area contributed by atoms with Gasteiger partial charge in [-0.1, -0.05) is 35.5 Å². The Morgan fingerprint density at radius 1 is 1.00 bits per heavy atom. The first-order valence-corrected chi connectivity index (χ1v) is 11.8. The maximum absolute atomic E-state index is 12.8. The number of rotatable bonds is 11. The molecule has 0 aliphatic rings. The van der Waals surface area contributed by atoms with Crippen LogP contribution in [0, 0.1) is 5.92 Å². The van der Waals surface area contributed by atoms with Gasteiger partial charge < -0.3 is 19.7 Å². The molecule has 4 aromatic rings. The van der Waals surface area contributed by atoms with E-state index in [4.69, 9.17) is 9.47 Å². The monoisotopic (exact) mass is 504 g/mol. The van der Waals surface area contributed by atoms with Crippen LogP contribution in [0.15, 0.2) is 65.6 Å². The fourth-order valence-corrected chi connectivity index (χ4v) is 4.18. The summed E-state index contributed by atoms with van der Waals surface area (Å²) >= 11 is 0. The zero-order chi connectivity index (χ0) is 26.4. The number of fused-ring (bicyclic) bond motifs is 1. The third-order valence-electron chi connectivity index (χ3n) is 6.33. The van der Waals surface area contributed by atoms with Crippen LogP contribution in [0.3, 0.4) is 0 Å². The predicted octanol–water partition coefficient (Wildman–Crippen LogP) is 2.96. The van der Waals surface area contributed by atoms with Crippen molar-refractivity contribution in [3.8, 4) is 22.8 Å². The molecule has 0 fully saturated rings. The fourth-order valence-electron chi connectivity index (χ4n) is 4.18. The lowest BCUT2D eigenvalue weighted by atomic mass is 9.93. The number of pyridine rings is 1. The first-order valence-electron chi connectivity index (χ1n) is 11.8. The van der Waals surface area contributed by atoms with Gasteiger partial charge in [-0.2, -0.15) is 0 Å². The van der Waals surface area contributed by atoms with Gasteiger partial charge in [0.15, 0.2) is 0 Å². The molecule has 10 nitrogen and oxygen atoms in total. The van der Waals surface area contributed by atoms with E-state index in [1.54, 1.807) is 37.6 Å². The maximum atomic E-state index is 12.8. The van der Waals surface area contributed by atoms with Crippen molar-refractivity contribution < 1.29 is 24.5 Å². The number of carboxylic acids is 1. The Labute approximate surface area is 213 Å². The Morgan fingerprint density at radius 2 is 1.76 bits per heavy atom. The summed E-state index contributed by atoms with van der Waals surface area (Å²) in [6, 6.07) is 16.5. The van der Waals surface area contributed by atoms with Crippen LogP contribution in [-0.2, 0) is 17.8 Å². The zero-order valence-electron chi connectivity index (χ0n) is 20.6. The minimum atomic E-state index is -1.13. The zero-order valence-corrected chi connectivity index (χ0v) is 20.6. The lowest BCUT2D eigenvalue weighted by Gasteiger charge is -2.19. The molecule has 0 unspecified atom stereocenters. The van der Waals surface area contributed by atoms with Gasteiger partial charge in [-0.15, -0.1) is 5.10 Å². The SMILES string of the molecule is COc1ccc(-c2ccc(CC[C@@H](O)[C@H](CCn3nnc4c(OC)cccc4c3=O)C(=O)O)cc2)cn1. The number of benzene rings is 2. The Kier molecular flexibility index (Phi) is 8.09. The van der Waals surface area contributed by atoms with Crippen molar-refractivity contribution in [3.05, 3.63) is 76.7 Å². The topological polar surface area (TPSA) is 137 Å². The highest BCUT2D eigenvalue weighted by Crippen LogP contribution is 2.23. The lowest BCUT2D eigenvalue weighted by molar-refractivity contribution is -0.146. The molecule has 0 aliphatic heterocycles. The van der Waals surface area contributed by atoms with Crippen LogP contribution < -0.4 is 15.0 Å². The number of nitrogens with zero attached hydrogens (tertiary/aromatic N) is 4. The Morgan fingerprint density at radius 3 is 2.41 bits per heavy atom. The number of carbonyl (C=O) groups is 1. The van der Waals surface area contributed by atoms with Crippen molar-refractivity contribution in [1.29, 1.82) is 0 Å². The standard InChI is InChI=1S/C27H28N4O6/c1-36-23-5-3-4-21-25(23)29-30-31(26(21)33)15-14-20(27(34)35)22(32)12-8-17-6-9-18(10-7-17)19-11-13-24(37-2)28-16-19/h3-7,9-11,13,16,20,22,32H,8,12,14-15H2,1-2H3,(H,34,35)/t20-,22+/m0/s1. The summed E-state index contributed by atoms with van der Waals surface area (Å²) in [7, 11) is 3.04. The van der Waals surface area contributed by atoms with Gasteiger partial charge in [0.05, 0.1) is 31.6 Å². The lowest BCUT2D eigenvalue weighted by Crippen LogP contribution is -2.32. The molecule has 192 valence electrons. The molecule has 37 heavy (non-hydrogen) atoms. The van der Waals surface area contributed by atoms with E-state index in [0.717, 1.165) is 21.4 Å². The van der Waals surface area contributed by atoms with Crippen LogP contribution in [0.2, 0.25) is 0 Å². The van der Waals surface area contributed by atoms with Crippen LogP contribution >= 0.6 is 0 Å². The second-order valence-corrected chi connectivity index (χ2v) is 8.60. The van der Waals surface area contributed by atoms with Gasteiger partial charge in [-0.05, 0) is 48.6 Å². The van der Waals surface area contributed by atoms with E-state index in [0.29, 0.717) is 29.0 Å². The van der Waals surface area contributed by atoms with E-state index in [2.05, 4.69) is 15.3 Å². The summed E-state index contributed by atoms with van der Waals surface area (Å²) in [5.74, 6) is -1.21. The number of aliphatic hydroxyl groups is 1. The van der Waals surface area contributed by atoms with Gasteiger partial charge in [-0.25, -0.2) is 9.67 Å². The molecule has 2 aromatic carbocycles.